The summed E-state index contributed by atoms with van der Waals surface area (Å²) in [6.07, 6.45) is -3.36. The molecule has 122 valence electrons. The van der Waals surface area contributed by atoms with Crippen molar-refractivity contribution in [2.45, 2.75) is 19.5 Å². The number of nitrogens with zero attached hydrogens (tertiary/aromatic N) is 3. The number of nitro benzene ring substituents is 1. The fourth-order valence-corrected chi connectivity index (χ4v) is 2.16. The number of nitro groups is 1. The van der Waals surface area contributed by atoms with Crippen LogP contribution in [-0.4, -0.2) is 31.7 Å². The molecule has 0 atom stereocenters. The van der Waals surface area contributed by atoms with Crippen LogP contribution in [0.4, 0.5) is 18.9 Å². The van der Waals surface area contributed by atoms with Crippen LogP contribution in [0.1, 0.15) is 21.7 Å². The molecule has 0 radical (unpaired) electrons. The summed E-state index contributed by atoms with van der Waals surface area (Å²) in [6.45, 7) is 1.51. The maximum atomic E-state index is 12.7. The Morgan fingerprint density at radius 2 is 2.09 bits per heavy atom. The first-order valence-electron chi connectivity index (χ1n) is 6.22. The first-order valence-corrected chi connectivity index (χ1v) is 6.22. The van der Waals surface area contributed by atoms with Gasteiger partial charge < -0.3 is 9.67 Å². The minimum Gasteiger partial charge on any atom is -0.477 e. The minimum atomic E-state index is -4.61. The lowest BCUT2D eigenvalue weighted by Crippen LogP contribution is -2.16. The molecule has 7 nitrogen and oxygen atoms in total. The van der Waals surface area contributed by atoms with E-state index in [1.54, 1.807) is 0 Å². The number of aryl methyl sites for hydroxylation is 1. The molecule has 0 saturated heterocycles. The van der Waals surface area contributed by atoms with Gasteiger partial charge in [-0.25, -0.2) is 9.78 Å². The number of alkyl halides is 3. The van der Waals surface area contributed by atoms with E-state index in [1.165, 1.54) is 23.9 Å². The number of carboxylic acid groups (broad SMARTS) is 1. The van der Waals surface area contributed by atoms with Crippen molar-refractivity contribution >= 4 is 11.7 Å². The maximum Gasteiger partial charge on any atom is 0.393 e. The van der Waals surface area contributed by atoms with Crippen LogP contribution >= 0.6 is 0 Å². The molecule has 0 aliphatic carbocycles. The summed E-state index contributed by atoms with van der Waals surface area (Å²) < 4.78 is 39.5. The molecule has 0 bridgehead atoms. The highest BCUT2D eigenvalue weighted by molar-refractivity contribution is 5.93. The van der Waals surface area contributed by atoms with E-state index in [0.717, 1.165) is 6.07 Å². The van der Waals surface area contributed by atoms with Crippen molar-refractivity contribution in [3.8, 4) is 5.69 Å². The highest BCUT2D eigenvalue weighted by atomic mass is 19.4. The fourth-order valence-electron chi connectivity index (χ4n) is 2.16. The van der Waals surface area contributed by atoms with Crippen LogP contribution in [0.25, 0.3) is 5.69 Å². The van der Waals surface area contributed by atoms with E-state index in [0.29, 0.717) is 11.9 Å². The Morgan fingerprint density at radius 3 is 2.52 bits per heavy atom. The molecule has 2 rings (SSSR count). The summed E-state index contributed by atoms with van der Waals surface area (Å²) >= 11 is 0. The third-order valence-electron chi connectivity index (χ3n) is 3.10. The van der Waals surface area contributed by atoms with Crippen molar-refractivity contribution < 1.29 is 28.0 Å². The van der Waals surface area contributed by atoms with Crippen LogP contribution in [0.15, 0.2) is 24.5 Å². The normalized spacial score (nSPS) is 11.5. The largest absolute Gasteiger partial charge is 0.477 e. The van der Waals surface area contributed by atoms with Gasteiger partial charge in [-0.15, -0.1) is 0 Å². The Hall–Kier alpha value is -2.91. The quantitative estimate of drug-likeness (QED) is 0.687. The van der Waals surface area contributed by atoms with Crippen molar-refractivity contribution in [2.24, 2.45) is 0 Å². The zero-order valence-corrected chi connectivity index (χ0v) is 11.7. The van der Waals surface area contributed by atoms with E-state index in [-0.39, 0.29) is 5.69 Å². The lowest BCUT2D eigenvalue weighted by Gasteiger charge is -2.15. The smallest absolute Gasteiger partial charge is 0.393 e. The number of carboxylic acids is 1. The number of aromatic nitrogens is 2. The second-order valence-electron chi connectivity index (χ2n) is 4.70. The van der Waals surface area contributed by atoms with E-state index in [2.05, 4.69) is 4.98 Å². The summed E-state index contributed by atoms with van der Waals surface area (Å²) in [4.78, 5) is 25.0. The molecule has 0 unspecified atom stereocenters. The summed E-state index contributed by atoms with van der Waals surface area (Å²) in [6, 6.07) is 1.50. The average molecular weight is 329 g/mol. The Kier molecular flexibility index (Phi) is 4.08. The Bertz CT molecular complexity index is 783. The molecule has 1 aromatic carbocycles. The van der Waals surface area contributed by atoms with Gasteiger partial charge in [0.1, 0.15) is 11.4 Å². The molecule has 1 heterocycles. The lowest BCUT2D eigenvalue weighted by atomic mass is 10.0. The van der Waals surface area contributed by atoms with Crippen LogP contribution in [0.3, 0.4) is 0 Å². The zero-order chi connectivity index (χ0) is 17.4. The second-order valence-corrected chi connectivity index (χ2v) is 4.70. The zero-order valence-electron chi connectivity index (χ0n) is 11.7. The molecular formula is C13H10F3N3O4. The number of aromatic carboxylic acids is 1. The molecular weight excluding hydrogens is 319 g/mol. The SMILES string of the molecule is Cc1nccn1-c1cc(C(=O)O)c([N+](=O)[O-])cc1CC(F)(F)F. The van der Waals surface area contributed by atoms with E-state index in [4.69, 9.17) is 5.11 Å². The minimum absolute atomic E-state index is 0.111. The molecule has 0 aliphatic rings. The number of rotatable bonds is 4. The number of imidazole rings is 1. The fraction of sp³-hybridized carbons (Fsp3) is 0.231. The van der Waals surface area contributed by atoms with Crippen LogP contribution in [0, 0.1) is 17.0 Å². The third-order valence-corrected chi connectivity index (χ3v) is 3.10. The van der Waals surface area contributed by atoms with Gasteiger partial charge in [0.2, 0.25) is 0 Å². The topological polar surface area (TPSA) is 98.3 Å². The summed E-state index contributed by atoms with van der Waals surface area (Å²) in [5.41, 5.74) is -2.10. The molecule has 0 aliphatic heterocycles. The van der Waals surface area contributed by atoms with Crippen molar-refractivity contribution in [1.29, 1.82) is 0 Å². The highest BCUT2D eigenvalue weighted by Crippen LogP contribution is 2.31. The van der Waals surface area contributed by atoms with Gasteiger partial charge in [0.05, 0.1) is 17.0 Å². The molecule has 10 heteroatoms. The van der Waals surface area contributed by atoms with Gasteiger partial charge in [-0.05, 0) is 18.6 Å². The Labute approximate surface area is 127 Å². The Balaban J connectivity index is 2.76. The molecule has 0 saturated carbocycles. The summed E-state index contributed by atoms with van der Waals surface area (Å²) in [5, 5.41) is 20.0. The molecule has 0 amide bonds. The van der Waals surface area contributed by atoms with Crippen LogP contribution in [-0.2, 0) is 6.42 Å². The van der Waals surface area contributed by atoms with E-state index in [9.17, 15) is 28.1 Å². The molecule has 0 spiro atoms. The summed E-state index contributed by atoms with van der Waals surface area (Å²) in [7, 11) is 0. The summed E-state index contributed by atoms with van der Waals surface area (Å²) in [5.74, 6) is -1.28. The maximum absolute atomic E-state index is 12.7. The van der Waals surface area contributed by atoms with Crippen LogP contribution in [0.5, 0.6) is 0 Å². The Morgan fingerprint density at radius 1 is 1.43 bits per heavy atom. The van der Waals surface area contributed by atoms with Gasteiger partial charge >= 0.3 is 12.1 Å². The lowest BCUT2D eigenvalue weighted by molar-refractivity contribution is -0.385. The van der Waals surface area contributed by atoms with E-state index in [1.807, 2.05) is 0 Å². The van der Waals surface area contributed by atoms with Gasteiger partial charge in [-0.1, -0.05) is 0 Å². The van der Waals surface area contributed by atoms with E-state index < -0.39 is 40.3 Å². The first-order chi connectivity index (χ1) is 10.6. The van der Waals surface area contributed by atoms with E-state index >= 15 is 0 Å². The predicted octanol–water partition coefficient (Wildman–Crippen LogP) is 2.89. The number of hydrogen-bond acceptors (Lipinski definition) is 4. The monoisotopic (exact) mass is 329 g/mol. The van der Waals surface area contributed by atoms with Crippen molar-refractivity contribution in [3.05, 3.63) is 51.6 Å². The van der Waals surface area contributed by atoms with Gasteiger partial charge in [0.25, 0.3) is 5.69 Å². The number of carbonyl (C=O) groups is 1. The van der Waals surface area contributed by atoms with Crippen LogP contribution < -0.4 is 0 Å². The van der Waals surface area contributed by atoms with Crippen LogP contribution in [0.2, 0.25) is 0 Å². The molecule has 23 heavy (non-hydrogen) atoms. The van der Waals surface area contributed by atoms with Gasteiger partial charge in [0.15, 0.2) is 0 Å². The first kappa shape index (κ1) is 16.5. The molecule has 1 N–H and O–H groups in total. The average Bonchev–Trinajstić information content (AvgIpc) is 2.82. The van der Waals surface area contributed by atoms with Crippen molar-refractivity contribution in [3.63, 3.8) is 0 Å². The van der Waals surface area contributed by atoms with Gasteiger partial charge in [-0.2, -0.15) is 13.2 Å². The third kappa shape index (κ3) is 3.47. The number of benzene rings is 1. The molecule has 2 aromatic rings. The van der Waals surface area contributed by atoms with Gasteiger partial charge in [0, 0.05) is 18.5 Å². The molecule has 0 fully saturated rings. The van der Waals surface area contributed by atoms with Gasteiger partial charge in [-0.3, -0.25) is 10.1 Å². The van der Waals surface area contributed by atoms with Crippen molar-refractivity contribution in [2.75, 3.05) is 0 Å². The predicted molar refractivity (Wildman–Crippen MR) is 71.7 cm³/mol. The number of halogens is 3. The van der Waals surface area contributed by atoms with Crippen molar-refractivity contribution in [1.82, 2.24) is 9.55 Å². The number of hydrogen-bond donors (Lipinski definition) is 1. The highest BCUT2D eigenvalue weighted by Gasteiger charge is 2.32. The second kappa shape index (κ2) is 5.71. The molecule has 1 aromatic heterocycles. The standard InChI is InChI=1S/C13H10F3N3O4/c1-7-17-2-3-18(7)10-5-9(12(20)21)11(19(22)23)4-8(10)6-13(14,15)16/h2-5H,6H2,1H3,(H,20,21).